The zero-order valence-electron chi connectivity index (χ0n) is 13.9. The van der Waals surface area contributed by atoms with Crippen LogP contribution in [0.15, 0.2) is 48.2 Å². The van der Waals surface area contributed by atoms with E-state index < -0.39 is 36.0 Å². The van der Waals surface area contributed by atoms with Gasteiger partial charge in [0, 0.05) is 5.70 Å². The molecular weight excluding hydrogens is 312 g/mol. The van der Waals surface area contributed by atoms with E-state index in [0.717, 1.165) is 0 Å². The summed E-state index contributed by atoms with van der Waals surface area (Å²) >= 11 is 0. The zero-order chi connectivity index (χ0) is 18.2. The first-order chi connectivity index (χ1) is 11.2. The Morgan fingerprint density at radius 1 is 1.12 bits per heavy atom. The summed E-state index contributed by atoms with van der Waals surface area (Å²) < 4.78 is 5.00. The summed E-state index contributed by atoms with van der Waals surface area (Å²) in [6.45, 7) is 4.97. The summed E-state index contributed by atoms with van der Waals surface area (Å²) in [5, 5.41) is 13.9. The van der Waals surface area contributed by atoms with Gasteiger partial charge in [-0.3, -0.25) is 4.79 Å². The van der Waals surface area contributed by atoms with Gasteiger partial charge in [-0.15, -0.1) is 0 Å². The molecule has 0 radical (unpaired) electrons. The number of nitrogens with one attached hydrogen (secondary N) is 2. The zero-order valence-corrected chi connectivity index (χ0v) is 13.9. The molecular formula is C17H22N2O5. The van der Waals surface area contributed by atoms with E-state index in [0.29, 0.717) is 5.70 Å². The third-order valence-electron chi connectivity index (χ3n) is 2.66. The fraction of sp³-hybridized carbons (Fsp3) is 0.353. The first kappa shape index (κ1) is 19.2. The SMILES string of the molecule is CC(C)(C)OC(=O)NC(CC(=O)NC1=C/C=C\C=C/C=C\1)C(=O)O. The monoisotopic (exact) mass is 334 g/mol. The van der Waals surface area contributed by atoms with Gasteiger partial charge in [0.1, 0.15) is 11.6 Å². The van der Waals surface area contributed by atoms with Crippen LogP contribution in [0.3, 0.4) is 0 Å². The highest BCUT2D eigenvalue weighted by Crippen LogP contribution is 2.07. The van der Waals surface area contributed by atoms with Gasteiger partial charge >= 0.3 is 12.1 Å². The van der Waals surface area contributed by atoms with Crippen molar-refractivity contribution in [3.63, 3.8) is 0 Å². The molecule has 7 nitrogen and oxygen atoms in total. The van der Waals surface area contributed by atoms with Crippen LogP contribution < -0.4 is 10.6 Å². The van der Waals surface area contributed by atoms with Gasteiger partial charge in [-0.2, -0.15) is 0 Å². The number of ether oxygens (including phenoxy) is 1. The second-order valence-electron chi connectivity index (χ2n) is 6.04. The first-order valence-electron chi connectivity index (χ1n) is 7.41. The van der Waals surface area contributed by atoms with E-state index in [1.54, 1.807) is 57.2 Å². The average Bonchev–Trinajstić information content (AvgIpc) is 2.38. The lowest BCUT2D eigenvalue weighted by Gasteiger charge is -2.21. The van der Waals surface area contributed by atoms with Crippen molar-refractivity contribution >= 4 is 18.0 Å². The van der Waals surface area contributed by atoms with Gasteiger partial charge in [0.2, 0.25) is 5.91 Å². The number of amides is 2. The van der Waals surface area contributed by atoms with Gasteiger partial charge < -0.3 is 20.5 Å². The normalized spacial score (nSPS) is 21.0. The number of carboxylic acids is 1. The lowest BCUT2D eigenvalue weighted by molar-refractivity contribution is -0.141. The summed E-state index contributed by atoms with van der Waals surface area (Å²) in [5.74, 6) is -1.85. The van der Waals surface area contributed by atoms with Crippen molar-refractivity contribution in [3.05, 3.63) is 48.2 Å². The maximum absolute atomic E-state index is 12.0. The molecule has 130 valence electrons. The number of alkyl carbamates (subject to hydrolysis) is 1. The molecule has 0 aromatic rings. The van der Waals surface area contributed by atoms with Gasteiger partial charge in [0.15, 0.2) is 0 Å². The standard InChI is InChI=1S/C17H22N2O5/c1-17(2,3)24-16(23)19-13(15(21)22)11-14(20)18-12-9-7-5-4-6-8-10-12/h4-10,13H,11H2,1-3H3,(H,18,20)(H,19,23)(H,21,22)/b5-4-,6-4?,7-5?,8-6-,9-7-,10-8?,12-9?,12-10+. The largest absolute Gasteiger partial charge is 0.480 e. The molecule has 1 aliphatic carbocycles. The van der Waals surface area contributed by atoms with Crippen LogP contribution in [0.2, 0.25) is 0 Å². The molecule has 1 atom stereocenters. The minimum absolute atomic E-state index is 0.417. The number of allylic oxidation sites excluding steroid dienone is 7. The molecule has 24 heavy (non-hydrogen) atoms. The Bertz CT molecular complexity index is 609. The van der Waals surface area contributed by atoms with E-state index >= 15 is 0 Å². The van der Waals surface area contributed by atoms with E-state index in [-0.39, 0.29) is 0 Å². The third kappa shape index (κ3) is 7.98. The highest BCUT2D eigenvalue weighted by atomic mass is 16.6. The van der Waals surface area contributed by atoms with Crippen molar-refractivity contribution in [3.8, 4) is 0 Å². The van der Waals surface area contributed by atoms with E-state index in [1.165, 1.54) is 0 Å². The van der Waals surface area contributed by atoms with Crippen LogP contribution in [0.25, 0.3) is 0 Å². The smallest absolute Gasteiger partial charge is 0.408 e. The minimum Gasteiger partial charge on any atom is -0.480 e. The molecule has 0 spiro atoms. The average molecular weight is 334 g/mol. The van der Waals surface area contributed by atoms with Crippen molar-refractivity contribution in [1.82, 2.24) is 10.6 Å². The molecule has 7 heteroatoms. The highest BCUT2D eigenvalue weighted by molar-refractivity contribution is 5.88. The first-order valence-corrected chi connectivity index (χ1v) is 7.41. The van der Waals surface area contributed by atoms with Crippen LogP contribution in [-0.2, 0) is 14.3 Å². The molecule has 1 aliphatic rings. The molecule has 2 amide bonds. The third-order valence-corrected chi connectivity index (χ3v) is 2.66. The summed E-state index contributed by atoms with van der Waals surface area (Å²) in [6.07, 6.45) is 10.9. The van der Waals surface area contributed by atoms with Crippen molar-refractivity contribution in [2.75, 3.05) is 0 Å². The number of carboxylic acid groups (broad SMARTS) is 1. The Morgan fingerprint density at radius 2 is 1.75 bits per heavy atom. The quantitative estimate of drug-likeness (QED) is 0.713. The predicted molar refractivity (Wildman–Crippen MR) is 89.1 cm³/mol. The van der Waals surface area contributed by atoms with E-state index in [1.807, 2.05) is 6.08 Å². The Morgan fingerprint density at radius 3 is 2.38 bits per heavy atom. The molecule has 1 unspecified atom stereocenters. The Balaban J connectivity index is 2.63. The second-order valence-corrected chi connectivity index (χ2v) is 6.04. The Kier molecular flexibility index (Phi) is 6.98. The van der Waals surface area contributed by atoms with Crippen LogP contribution in [0, 0.1) is 0 Å². The van der Waals surface area contributed by atoms with Crippen LogP contribution in [0.1, 0.15) is 27.2 Å². The summed E-state index contributed by atoms with van der Waals surface area (Å²) in [7, 11) is 0. The fourth-order valence-corrected chi connectivity index (χ4v) is 1.70. The predicted octanol–water partition coefficient (Wildman–Crippen LogP) is 2.04. The maximum Gasteiger partial charge on any atom is 0.408 e. The molecule has 0 fully saturated rings. The topological polar surface area (TPSA) is 105 Å². The highest BCUT2D eigenvalue weighted by Gasteiger charge is 2.26. The number of hydrogen-bond acceptors (Lipinski definition) is 4. The van der Waals surface area contributed by atoms with Crippen molar-refractivity contribution in [2.45, 2.75) is 38.8 Å². The summed E-state index contributed by atoms with van der Waals surface area (Å²) in [4.78, 5) is 34.9. The number of carbonyl (C=O) groups excluding carboxylic acids is 2. The van der Waals surface area contributed by atoms with Gasteiger partial charge in [-0.1, -0.05) is 30.4 Å². The number of carbonyl (C=O) groups is 3. The lowest BCUT2D eigenvalue weighted by atomic mass is 10.2. The van der Waals surface area contributed by atoms with E-state index in [2.05, 4.69) is 10.6 Å². The summed E-state index contributed by atoms with van der Waals surface area (Å²) in [5.41, 5.74) is -0.244. The molecule has 0 heterocycles. The number of aliphatic carboxylic acids is 1. The molecule has 0 aromatic carbocycles. The molecule has 0 aliphatic heterocycles. The molecule has 3 N–H and O–H groups in total. The molecule has 0 aromatic heterocycles. The molecule has 0 saturated heterocycles. The summed E-state index contributed by atoms with van der Waals surface area (Å²) in [6, 6.07) is -1.38. The molecule has 0 bridgehead atoms. The Labute approximate surface area is 140 Å². The maximum atomic E-state index is 12.0. The second kappa shape index (κ2) is 8.71. The van der Waals surface area contributed by atoms with Gasteiger partial charge in [0.05, 0.1) is 6.42 Å². The number of rotatable bonds is 5. The van der Waals surface area contributed by atoms with Crippen LogP contribution >= 0.6 is 0 Å². The molecule has 0 saturated carbocycles. The minimum atomic E-state index is -1.38. The van der Waals surface area contributed by atoms with E-state index in [4.69, 9.17) is 9.84 Å². The lowest BCUT2D eigenvalue weighted by Crippen LogP contribution is -2.45. The van der Waals surface area contributed by atoms with Crippen LogP contribution in [0.4, 0.5) is 4.79 Å². The van der Waals surface area contributed by atoms with Crippen LogP contribution in [-0.4, -0.2) is 34.7 Å². The van der Waals surface area contributed by atoms with Gasteiger partial charge in [0.25, 0.3) is 0 Å². The fourth-order valence-electron chi connectivity index (χ4n) is 1.70. The van der Waals surface area contributed by atoms with E-state index in [9.17, 15) is 14.4 Å². The number of hydrogen-bond donors (Lipinski definition) is 3. The van der Waals surface area contributed by atoms with Gasteiger partial charge in [-0.25, -0.2) is 9.59 Å². The van der Waals surface area contributed by atoms with Crippen molar-refractivity contribution in [1.29, 1.82) is 0 Å². The Hall–Kier alpha value is -2.83. The van der Waals surface area contributed by atoms with Crippen LogP contribution in [0.5, 0.6) is 0 Å². The van der Waals surface area contributed by atoms with Gasteiger partial charge in [-0.05, 0) is 32.9 Å². The van der Waals surface area contributed by atoms with Crippen molar-refractivity contribution in [2.24, 2.45) is 0 Å². The molecule has 1 rings (SSSR count). The van der Waals surface area contributed by atoms with Crippen molar-refractivity contribution < 1.29 is 24.2 Å².